The van der Waals surface area contributed by atoms with Crippen LogP contribution < -0.4 is 4.90 Å². The quantitative estimate of drug-likeness (QED) is 0.476. The van der Waals surface area contributed by atoms with Gasteiger partial charge < -0.3 is 4.90 Å². The van der Waals surface area contributed by atoms with Gasteiger partial charge in [0.1, 0.15) is 5.69 Å². The van der Waals surface area contributed by atoms with Gasteiger partial charge in [0.15, 0.2) is 11.0 Å². The Kier molecular flexibility index (Phi) is 4.66. The van der Waals surface area contributed by atoms with E-state index in [1.54, 1.807) is 27.3 Å². The Morgan fingerprint density at radius 2 is 2.11 bits per heavy atom. The standard InChI is InChI=1S/C18H20N6S3/c25-17-22-21-16(12-6-7-12)24(17)19-11-14-15(13-5-4-10-26-13)20-18(27-14)23-8-2-1-3-9-23/h4-5,10-12H,1-3,6-9H2,(H,22,25)/b19-11-. The maximum absolute atomic E-state index is 5.37. The van der Waals surface area contributed by atoms with Gasteiger partial charge >= 0.3 is 0 Å². The molecule has 1 saturated carbocycles. The summed E-state index contributed by atoms with van der Waals surface area (Å²) in [7, 11) is 0. The highest BCUT2D eigenvalue weighted by Crippen LogP contribution is 2.39. The Morgan fingerprint density at radius 3 is 2.85 bits per heavy atom. The predicted octanol–water partition coefficient (Wildman–Crippen LogP) is 4.88. The maximum Gasteiger partial charge on any atom is 0.216 e. The fraction of sp³-hybridized carbons (Fsp3) is 0.444. The van der Waals surface area contributed by atoms with Crippen molar-refractivity contribution in [2.24, 2.45) is 5.10 Å². The molecule has 0 aromatic carbocycles. The van der Waals surface area contributed by atoms with Crippen molar-refractivity contribution < 1.29 is 0 Å². The zero-order valence-electron chi connectivity index (χ0n) is 14.8. The second kappa shape index (κ2) is 7.29. The minimum Gasteiger partial charge on any atom is -0.348 e. The average Bonchev–Trinajstić information content (AvgIpc) is 3.09. The average molecular weight is 417 g/mol. The van der Waals surface area contributed by atoms with Crippen molar-refractivity contribution in [3.05, 3.63) is 33.0 Å². The molecule has 0 atom stereocenters. The summed E-state index contributed by atoms with van der Waals surface area (Å²) in [5.74, 6) is 1.42. The molecule has 0 radical (unpaired) electrons. The van der Waals surface area contributed by atoms with Crippen LogP contribution in [0.3, 0.4) is 0 Å². The zero-order valence-corrected chi connectivity index (χ0v) is 17.2. The molecule has 1 aliphatic carbocycles. The minimum atomic E-state index is 0.484. The molecule has 0 bridgehead atoms. The van der Waals surface area contributed by atoms with Crippen molar-refractivity contribution in [1.29, 1.82) is 0 Å². The van der Waals surface area contributed by atoms with Crippen molar-refractivity contribution in [2.75, 3.05) is 18.0 Å². The predicted molar refractivity (Wildman–Crippen MR) is 114 cm³/mol. The number of aromatic nitrogens is 4. The van der Waals surface area contributed by atoms with Gasteiger partial charge in [-0.1, -0.05) is 17.4 Å². The van der Waals surface area contributed by atoms with E-state index in [0.717, 1.165) is 47.5 Å². The number of rotatable bonds is 5. The first-order valence-corrected chi connectivity index (χ1v) is 11.4. The first-order chi connectivity index (χ1) is 13.3. The Morgan fingerprint density at radius 1 is 1.26 bits per heavy atom. The van der Waals surface area contributed by atoms with Gasteiger partial charge in [-0.15, -0.1) is 11.3 Å². The number of H-pyrrole nitrogens is 1. The highest BCUT2D eigenvalue weighted by atomic mass is 32.1. The summed E-state index contributed by atoms with van der Waals surface area (Å²) >= 11 is 8.80. The van der Waals surface area contributed by atoms with E-state index in [1.165, 1.54) is 24.1 Å². The van der Waals surface area contributed by atoms with Crippen LogP contribution in [-0.4, -0.2) is 39.2 Å². The van der Waals surface area contributed by atoms with Crippen LogP contribution in [0.1, 0.15) is 48.7 Å². The van der Waals surface area contributed by atoms with E-state index < -0.39 is 0 Å². The molecule has 1 N–H and O–H groups in total. The fourth-order valence-electron chi connectivity index (χ4n) is 3.35. The lowest BCUT2D eigenvalue weighted by atomic mass is 10.1. The van der Waals surface area contributed by atoms with Gasteiger partial charge in [-0.25, -0.2) is 4.98 Å². The lowest BCUT2D eigenvalue weighted by molar-refractivity contribution is 0.577. The van der Waals surface area contributed by atoms with Gasteiger partial charge in [-0.2, -0.15) is 14.9 Å². The van der Waals surface area contributed by atoms with Crippen LogP contribution in [0, 0.1) is 4.77 Å². The fourth-order valence-corrected chi connectivity index (χ4v) is 5.33. The molecule has 1 aliphatic heterocycles. The van der Waals surface area contributed by atoms with Crippen LogP contribution in [0.15, 0.2) is 22.6 Å². The van der Waals surface area contributed by atoms with Crippen LogP contribution in [-0.2, 0) is 0 Å². The molecule has 5 rings (SSSR count). The number of anilines is 1. The van der Waals surface area contributed by atoms with Gasteiger partial charge in [-0.05, 0) is 55.8 Å². The molecule has 0 spiro atoms. The maximum atomic E-state index is 5.37. The summed E-state index contributed by atoms with van der Waals surface area (Å²) < 4.78 is 2.32. The van der Waals surface area contributed by atoms with Crippen molar-refractivity contribution in [1.82, 2.24) is 19.9 Å². The molecular weight excluding hydrogens is 396 g/mol. The topological polar surface area (TPSA) is 62.1 Å². The third-order valence-electron chi connectivity index (χ3n) is 4.93. The summed E-state index contributed by atoms with van der Waals surface area (Å²) in [6.45, 7) is 2.18. The van der Waals surface area contributed by atoms with Crippen molar-refractivity contribution in [2.45, 2.75) is 38.0 Å². The second-order valence-corrected chi connectivity index (χ2v) is 9.30. The number of thiazole rings is 1. The number of hydrogen-bond acceptors (Lipinski definition) is 7. The smallest absolute Gasteiger partial charge is 0.216 e. The first kappa shape index (κ1) is 17.3. The van der Waals surface area contributed by atoms with E-state index in [9.17, 15) is 0 Å². The number of piperidine rings is 1. The number of thiophene rings is 1. The lowest BCUT2D eigenvalue weighted by Gasteiger charge is -2.25. The number of aromatic amines is 1. The van der Waals surface area contributed by atoms with E-state index in [0.29, 0.717) is 10.7 Å². The van der Waals surface area contributed by atoms with E-state index >= 15 is 0 Å². The minimum absolute atomic E-state index is 0.484. The van der Waals surface area contributed by atoms with E-state index in [2.05, 4.69) is 37.7 Å². The van der Waals surface area contributed by atoms with Crippen molar-refractivity contribution in [3.8, 4) is 10.6 Å². The van der Waals surface area contributed by atoms with Crippen molar-refractivity contribution >= 4 is 46.2 Å². The molecule has 0 unspecified atom stereocenters. The highest BCUT2D eigenvalue weighted by Gasteiger charge is 2.29. The molecule has 3 aromatic heterocycles. The Balaban J connectivity index is 1.51. The van der Waals surface area contributed by atoms with Crippen LogP contribution in [0.4, 0.5) is 5.13 Å². The van der Waals surface area contributed by atoms with Crippen LogP contribution in [0.2, 0.25) is 0 Å². The number of nitrogens with one attached hydrogen (secondary N) is 1. The van der Waals surface area contributed by atoms with Gasteiger partial charge in [-0.3, -0.25) is 5.10 Å². The van der Waals surface area contributed by atoms with Crippen LogP contribution in [0.5, 0.6) is 0 Å². The zero-order chi connectivity index (χ0) is 18.2. The molecule has 2 aliphatic rings. The van der Waals surface area contributed by atoms with Gasteiger partial charge in [0.2, 0.25) is 4.77 Å². The highest BCUT2D eigenvalue weighted by molar-refractivity contribution is 7.71. The molecule has 140 valence electrons. The molecule has 27 heavy (non-hydrogen) atoms. The van der Waals surface area contributed by atoms with Crippen LogP contribution >= 0.6 is 34.9 Å². The van der Waals surface area contributed by atoms with Crippen molar-refractivity contribution in [3.63, 3.8) is 0 Å². The van der Waals surface area contributed by atoms with Crippen LogP contribution in [0.25, 0.3) is 10.6 Å². The summed E-state index contributed by atoms with van der Waals surface area (Å²) in [4.78, 5) is 9.63. The molecule has 3 aromatic rings. The summed E-state index contributed by atoms with van der Waals surface area (Å²) in [6.07, 6.45) is 8.02. The largest absolute Gasteiger partial charge is 0.348 e. The van der Waals surface area contributed by atoms with Gasteiger partial charge in [0, 0.05) is 19.0 Å². The summed E-state index contributed by atoms with van der Waals surface area (Å²) in [5.41, 5.74) is 1.02. The van der Waals surface area contributed by atoms with Gasteiger partial charge in [0.05, 0.1) is 16.0 Å². The summed E-state index contributed by atoms with van der Waals surface area (Å²) in [5, 5.41) is 15.1. The first-order valence-electron chi connectivity index (χ1n) is 9.31. The Hall–Kier alpha value is -1.84. The molecule has 0 amide bonds. The van der Waals surface area contributed by atoms with Gasteiger partial charge in [0.25, 0.3) is 0 Å². The molecule has 6 nitrogen and oxygen atoms in total. The molecule has 2 fully saturated rings. The van der Waals surface area contributed by atoms with E-state index in [1.807, 2.05) is 6.21 Å². The molecule has 1 saturated heterocycles. The SMILES string of the molecule is S=c1[nH]nc(C2CC2)n1/N=C\c1sc(N2CCCCC2)nc1-c1cccs1. The number of hydrogen-bond donors (Lipinski definition) is 1. The number of nitrogens with zero attached hydrogens (tertiary/aromatic N) is 5. The normalized spacial score (nSPS) is 17.9. The van der Waals surface area contributed by atoms with E-state index in [-0.39, 0.29) is 0 Å². The Bertz CT molecular complexity index is 1000. The second-order valence-electron chi connectivity index (χ2n) is 6.95. The molecule has 9 heteroatoms. The summed E-state index contributed by atoms with van der Waals surface area (Å²) in [6, 6.07) is 4.19. The Labute approximate surface area is 170 Å². The third kappa shape index (κ3) is 3.51. The third-order valence-corrected chi connectivity index (χ3v) is 7.12. The monoisotopic (exact) mass is 416 g/mol. The molecule has 4 heterocycles. The van der Waals surface area contributed by atoms with E-state index in [4.69, 9.17) is 17.2 Å². The lowest BCUT2D eigenvalue weighted by Crippen LogP contribution is -2.29. The molecular formula is C18H20N6S3.